The van der Waals surface area contributed by atoms with Crippen molar-refractivity contribution in [1.29, 1.82) is 0 Å². The van der Waals surface area contributed by atoms with Crippen LogP contribution in [0.3, 0.4) is 0 Å². The van der Waals surface area contributed by atoms with Crippen molar-refractivity contribution < 1.29 is 9.90 Å². The molecule has 2 nitrogen and oxygen atoms in total. The standard InChI is InChI=1S/C16H14O2/c1-2-13(12-8-4-3-5-9-12)14-10-6-7-11-15(14)16(17)18/h2-11,13H,1H2,(H,17,18). The van der Waals surface area contributed by atoms with Crippen molar-refractivity contribution in [3.05, 3.63) is 83.9 Å². The van der Waals surface area contributed by atoms with Crippen LogP contribution in [-0.4, -0.2) is 11.1 Å². The lowest BCUT2D eigenvalue weighted by atomic mass is 9.88. The lowest BCUT2D eigenvalue weighted by molar-refractivity contribution is 0.0695. The summed E-state index contributed by atoms with van der Waals surface area (Å²) in [6.07, 6.45) is 1.77. The molecule has 0 aromatic heterocycles. The molecule has 2 rings (SSSR count). The highest BCUT2D eigenvalue weighted by Gasteiger charge is 2.17. The Balaban J connectivity index is 2.52. The molecular formula is C16H14O2. The molecule has 0 amide bonds. The number of hydrogen-bond acceptors (Lipinski definition) is 1. The number of carboxylic acids is 1. The van der Waals surface area contributed by atoms with E-state index in [0.717, 1.165) is 11.1 Å². The Hall–Kier alpha value is -2.35. The summed E-state index contributed by atoms with van der Waals surface area (Å²) in [6.45, 7) is 3.82. The van der Waals surface area contributed by atoms with Crippen molar-refractivity contribution in [2.45, 2.75) is 5.92 Å². The van der Waals surface area contributed by atoms with Crippen LogP contribution >= 0.6 is 0 Å². The Bertz CT molecular complexity index is 558. The molecule has 0 saturated heterocycles. The first-order chi connectivity index (χ1) is 8.74. The van der Waals surface area contributed by atoms with E-state index in [4.69, 9.17) is 0 Å². The summed E-state index contributed by atoms with van der Waals surface area (Å²) in [6, 6.07) is 16.8. The van der Waals surface area contributed by atoms with E-state index >= 15 is 0 Å². The van der Waals surface area contributed by atoms with Crippen molar-refractivity contribution in [2.75, 3.05) is 0 Å². The number of allylic oxidation sites excluding steroid dienone is 1. The largest absolute Gasteiger partial charge is 0.478 e. The van der Waals surface area contributed by atoms with Crippen LogP contribution in [0.5, 0.6) is 0 Å². The smallest absolute Gasteiger partial charge is 0.335 e. The van der Waals surface area contributed by atoms with E-state index in [2.05, 4.69) is 6.58 Å². The van der Waals surface area contributed by atoms with Crippen molar-refractivity contribution in [2.24, 2.45) is 0 Å². The highest BCUT2D eigenvalue weighted by molar-refractivity contribution is 5.90. The molecule has 0 bridgehead atoms. The molecule has 0 fully saturated rings. The maximum atomic E-state index is 11.2. The van der Waals surface area contributed by atoms with E-state index in [1.165, 1.54) is 0 Å². The molecule has 2 heteroatoms. The summed E-state index contributed by atoms with van der Waals surface area (Å²) in [5, 5.41) is 9.22. The maximum absolute atomic E-state index is 11.2. The van der Waals surface area contributed by atoms with Crippen LogP contribution in [0, 0.1) is 0 Å². The number of rotatable bonds is 4. The second kappa shape index (κ2) is 5.32. The third-order valence-corrected chi connectivity index (χ3v) is 2.92. The van der Waals surface area contributed by atoms with Gasteiger partial charge in [0, 0.05) is 5.92 Å². The summed E-state index contributed by atoms with van der Waals surface area (Å²) in [5.41, 5.74) is 2.14. The summed E-state index contributed by atoms with van der Waals surface area (Å²) < 4.78 is 0. The molecule has 0 saturated carbocycles. The van der Waals surface area contributed by atoms with Gasteiger partial charge in [-0.1, -0.05) is 54.6 Å². The fourth-order valence-corrected chi connectivity index (χ4v) is 2.07. The van der Waals surface area contributed by atoms with Gasteiger partial charge in [-0.2, -0.15) is 0 Å². The molecule has 1 atom stereocenters. The average molecular weight is 238 g/mol. The van der Waals surface area contributed by atoms with E-state index in [1.54, 1.807) is 18.2 Å². The van der Waals surface area contributed by atoms with Gasteiger partial charge in [-0.3, -0.25) is 0 Å². The molecule has 1 N–H and O–H groups in total. The monoisotopic (exact) mass is 238 g/mol. The second-order valence-corrected chi connectivity index (χ2v) is 4.02. The number of aromatic carboxylic acids is 1. The van der Waals surface area contributed by atoms with Gasteiger partial charge < -0.3 is 5.11 Å². The fraction of sp³-hybridized carbons (Fsp3) is 0.0625. The number of carboxylic acid groups (broad SMARTS) is 1. The van der Waals surface area contributed by atoms with E-state index in [0.29, 0.717) is 5.56 Å². The highest BCUT2D eigenvalue weighted by atomic mass is 16.4. The Kier molecular flexibility index (Phi) is 3.58. The molecule has 0 aliphatic carbocycles. The molecule has 0 heterocycles. The summed E-state index contributed by atoms with van der Waals surface area (Å²) in [4.78, 5) is 11.2. The zero-order valence-electron chi connectivity index (χ0n) is 9.91. The first kappa shape index (κ1) is 12.1. The van der Waals surface area contributed by atoms with Gasteiger partial charge in [0.1, 0.15) is 0 Å². The number of carbonyl (C=O) groups is 1. The highest BCUT2D eigenvalue weighted by Crippen LogP contribution is 2.28. The third-order valence-electron chi connectivity index (χ3n) is 2.92. The van der Waals surface area contributed by atoms with Crippen LogP contribution in [0.1, 0.15) is 27.4 Å². The van der Waals surface area contributed by atoms with Crippen LogP contribution in [0.25, 0.3) is 0 Å². The van der Waals surface area contributed by atoms with E-state index in [9.17, 15) is 9.90 Å². The van der Waals surface area contributed by atoms with Crippen LogP contribution in [0.2, 0.25) is 0 Å². The lowest BCUT2D eigenvalue weighted by Crippen LogP contribution is -2.06. The molecule has 2 aromatic rings. The predicted molar refractivity (Wildman–Crippen MR) is 71.9 cm³/mol. The minimum atomic E-state index is -0.909. The topological polar surface area (TPSA) is 37.3 Å². The van der Waals surface area contributed by atoms with Gasteiger partial charge in [-0.25, -0.2) is 4.79 Å². The van der Waals surface area contributed by atoms with Crippen molar-refractivity contribution in [3.8, 4) is 0 Å². The molecular weight excluding hydrogens is 224 g/mol. The maximum Gasteiger partial charge on any atom is 0.335 e. The van der Waals surface area contributed by atoms with Crippen LogP contribution in [0.4, 0.5) is 0 Å². The second-order valence-electron chi connectivity index (χ2n) is 4.02. The van der Waals surface area contributed by atoms with Crippen LogP contribution in [-0.2, 0) is 0 Å². The zero-order valence-corrected chi connectivity index (χ0v) is 9.91. The van der Waals surface area contributed by atoms with E-state index in [1.807, 2.05) is 42.5 Å². The molecule has 0 spiro atoms. The van der Waals surface area contributed by atoms with Crippen molar-refractivity contribution in [3.63, 3.8) is 0 Å². The third kappa shape index (κ3) is 2.33. The Morgan fingerprint density at radius 2 is 1.67 bits per heavy atom. The average Bonchev–Trinajstić information content (AvgIpc) is 2.41. The Labute approximate surface area is 106 Å². The summed E-state index contributed by atoms with van der Waals surface area (Å²) >= 11 is 0. The molecule has 2 aromatic carbocycles. The summed E-state index contributed by atoms with van der Waals surface area (Å²) in [7, 11) is 0. The number of benzene rings is 2. The van der Waals surface area contributed by atoms with Gasteiger partial charge in [0.2, 0.25) is 0 Å². The first-order valence-electron chi connectivity index (χ1n) is 5.73. The molecule has 90 valence electrons. The van der Waals surface area contributed by atoms with Crippen molar-refractivity contribution in [1.82, 2.24) is 0 Å². The van der Waals surface area contributed by atoms with Crippen LogP contribution < -0.4 is 0 Å². The van der Waals surface area contributed by atoms with Gasteiger partial charge in [0.25, 0.3) is 0 Å². The van der Waals surface area contributed by atoms with Gasteiger partial charge in [0.15, 0.2) is 0 Å². The fourth-order valence-electron chi connectivity index (χ4n) is 2.07. The van der Waals surface area contributed by atoms with Crippen molar-refractivity contribution >= 4 is 5.97 Å². The molecule has 1 unspecified atom stereocenters. The predicted octanol–water partition coefficient (Wildman–Crippen LogP) is 3.70. The first-order valence-corrected chi connectivity index (χ1v) is 5.73. The molecule has 0 aliphatic rings. The lowest BCUT2D eigenvalue weighted by Gasteiger charge is -2.15. The van der Waals surface area contributed by atoms with Gasteiger partial charge in [-0.05, 0) is 17.2 Å². The van der Waals surface area contributed by atoms with E-state index < -0.39 is 5.97 Å². The quantitative estimate of drug-likeness (QED) is 0.824. The molecule has 0 radical (unpaired) electrons. The van der Waals surface area contributed by atoms with Gasteiger partial charge >= 0.3 is 5.97 Å². The van der Waals surface area contributed by atoms with Crippen LogP contribution in [0.15, 0.2) is 67.3 Å². The normalized spacial score (nSPS) is 11.8. The minimum absolute atomic E-state index is 0.0986. The van der Waals surface area contributed by atoms with Gasteiger partial charge in [0.05, 0.1) is 5.56 Å². The Morgan fingerprint density at radius 3 is 2.28 bits per heavy atom. The Morgan fingerprint density at radius 1 is 1.06 bits per heavy atom. The molecule has 0 aliphatic heterocycles. The number of hydrogen-bond donors (Lipinski definition) is 1. The van der Waals surface area contributed by atoms with E-state index in [-0.39, 0.29) is 5.92 Å². The minimum Gasteiger partial charge on any atom is -0.478 e. The zero-order chi connectivity index (χ0) is 13.0. The molecule has 18 heavy (non-hydrogen) atoms. The van der Waals surface area contributed by atoms with Gasteiger partial charge in [-0.15, -0.1) is 6.58 Å². The summed E-state index contributed by atoms with van der Waals surface area (Å²) in [5.74, 6) is -1.01. The SMILES string of the molecule is C=CC(c1ccccc1)c1ccccc1C(=O)O.